The number of carbonyl (C=O) groups is 1. The highest BCUT2D eigenvalue weighted by molar-refractivity contribution is 5.92. The minimum Gasteiger partial charge on any atom is -0.390 e. The van der Waals surface area contributed by atoms with Gasteiger partial charge >= 0.3 is 0 Å². The van der Waals surface area contributed by atoms with Crippen molar-refractivity contribution < 1.29 is 14.3 Å². The van der Waals surface area contributed by atoms with Gasteiger partial charge in [-0.25, -0.2) is 14.4 Å². The van der Waals surface area contributed by atoms with Crippen LogP contribution in [0, 0.1) is 12.7 Å². The molecule has 0 spiro atoms. The number of rotatable bonds is 4. The summed E-state index contributed by atoms with van der Waals surface area (Å²) in [7, 11) is 0. The third-order valence-electron chi connectivity index (χ3n) is 3.57. The van der Waals surface area contributed by atoms with E-state index >= 15 is 0 Å². The first-order valence-electron chi connectivity index (χ1n) is 7.87. The van der Waals surface area contributed by atoms with Gasteiger partial charge in [0.15, 0.2) is 5.65 Å². The smallest absolute Gasteiger partial charge is 0.229 e. The maximum atomic E-state index is 13.3. The number of fused-ring (bicyclic) bond motifs is 1. The summed E-state index contributed by atoms with van der Waals surface area (Å²) in [5.41, 5.74) is 1.45. The van der Waals surface area contributed by atoms with Gasteiger partial charge in [-0.3, -0.25) is 14.7 Å². The Balaban J connectivity index is 2.09. The van der Waals surface area contributed by atoms with Crippen LogP contribution in [-0.2, 0) is 4.79 Å². The number of nitrogens with one attached hydrogen (secondary N) is 1. The molecule has 7 heteroatoms. The highest BCUT2D eigenvalue weighted by Crippen LogP contribution is 2.24. The molecule has 2 N–H and O–H groups in total. The highest BCUT2D eigenvalue weighted by atomic mass is 19.1. The van der Waals surface area contributed by atoms with E-state index in [1.165, 1.54) is 12.1 Å². The van der Waals surface area contributed by atoms with E-state index in [0.717, 1.165) is 5.69 Å². The van der Waals surface area contributed by atoms with Crippen molar-refractivity contribution in [3.63, 3.8) is 0 Å². The van der Waals surface area contributed by atoms with E-state index in [-0.39, 0.29) is 24.1 Å². The molecule has 1 amide bonds. The zero-order valence-corrected chi connectivity index (χ0v) is 14.2. The molecule has 25 heavy (non-hydrogen) atoms. The maximum absolute atomic E-state index is 13.3. The summed E-state index contributed by atoms with van der Waals surface area (Å²) < 4.78 is 14.9. The van der Waals surface area contributed by atoms with Gasteiger partial charge < -0.3 is 5.11 Å². The van der Waals surface area contributed by atoms with E-state index in [2.05, 4.69) is 15.3 Å². The third-order valence-corrected chi connectivity index (χ3v) is 3.57. The normalized spacial score (nSPS) is 11.7. The molecule has 0 fully saturated rings. The number of hydrogen-bond donors (Lipinski definition) is 2. The van der Waals surface area contributed by atoms with E-state index in [9.17, 15) is 14.3 Å². The Hall–Kier alpha value is -2.80. The Kier molecular flexibility index (Phi) is 4.26. The molecule has 0 aliphatic carbocycles. The number of aromatic nitrogens is 3. The molecule has 6 nitrogen and oxygen atoms in total. The first-order valence-corrected chi connectivity index (χ1v) is 7.87. The Bertz CT molecular complexity index is 927. The third kappa shape index (κ3) is 3.83. The van der Waals surface area contributed by atoms with Gasteiger partial charge in [0.05, 0.1) is 17.7 Å². The summed E-state index contributed by atoms with van der Waals surface area (Å²) in [4.78, 5) is 21.1. The average molecular weight is 342 g/mol. The quantitative estimate of drug-likeness (QED) is 0.764. The molecule has 3 rings (SSSR count). The topological polar surface area (TPSA) is 80.0 Å². The largest absolute Gasteiger partial charge is 0.390 e. The lowest BCUT2D eigenvalue weighted by Crippen LogP contribution is -2.28. The van der Waals surface area contributed by atoms with Crippen LogP contribution >= 0.6 is 0 Å². The van der Waals surface area contributed by atoms with Crippen molar-refractivity contribution in [1.82, 2.24) is 14.5 Å². The summed E-state index contributed by atoms with van der Waals surface area (Å²) >= 11 is 0. The number of aliphatic hydroxyl groups is 1. The standard InChI is InChI=1S/C18H19FN4O2/c1-11-4-9-14-16(20-11)23(13-7-5-12(19)6-8-13)17(21-14)22-15(24)10-18(2,3)25/h4-9,25H,10H2,1-3H3,(H,21,22,24). The number of pyridine rings is 1. The lowest BCUT2D eigenvalue weighted by atomic mass is 10.1. The molecule has 0 aliphatic rings. The Morgan fingerprint density at radius 2 is 1.88 bits per heavy atom. The van der Waals surface area contributed by atoms with Gasteiger partial charge in [-0.1, -0.05) is 0 Å². The minimum atomic E-state index is -1.13. The van der Waals surface area contributed by atoms with Crippen LogP contribution in [0.4, 0.5) is 10.3 Å². The highest BCUT2D eigenvalue weighted by Gasteiger charge is 2.21. The van der Waals surface area contributed by atoms with Crippen molar-refractivity contribution >= 4 is 23.0 Å². The fourth-order valence-corrected chi connectivity index (χ4v) is 2.53. The van der Waals surface area contributed by atoms with Gasteiger partial charge in [0.25, 0.3) is 0 Å². The number of imidazole rings is 1. The molecular weight excluding hydrogens is 323 g/mol. The van der Waals surface area contributed by atoms with Gasteiger partial charge in [-0.2, -0.15) is 0 Å². The van der Waals surface area contributed by atoms with E-state index in [4.69, 9.17) is 0 Å². The molecule has 0 bridgehead atoms. The molecular formula is C18H19FN4O2. The average Bonchev–Trinajstić information content (AvgIpc) is 2.83. The van der Waals surface area contributed by atoms with Crippen LogP contribution in [0.1, 0.15) is 26.0 Å². The molecule has 0 unspecified atom stereocenters. The monoisotopic (exact) mass is 342 g/mol. The van der Waals surface area contributed by atoms with Crippen molar-refractivity contribution in [3.05, 3.63) is 47.9 Å². The molecule has 0 radical (unpaired) electrons. The van der Waals surface area contributed by atoms with Crippen LogP contribution in [-0.4, -0.2) is 31.1 Å². The number of hydrogen-bond acceptors (Lipinski definition) is 4. The van der Waals surface area contributed by atoms with Gasteiger partial charge in [0.1, 0.15) is 11.3 Å². The second-order valence-corrected chi connectivity index (χ2v) is 6.58. The Morgan fingerprint density at radius 1 is 1.20 bits per heavy atom. The number of aryl methyl sites for hydroxylation is 1. The van der Waals surface area contributed by atoms with Crippen LogP contribution in [0.5, 0.6) is 0 Å². The van der Waals surface area contributed by atoms with Gasteiger partial charge in [-0.05, 0) is 57.2 Å². The molecule has 3 aromatic rings. The SMILES string of the molecule is Cc1ccc2nc(NC(=O)CC(C)(C)O)n(-c3ccc(F)cc3)c2n1. The molecule has 0 atom stereocenters. The number of halogens is 1. The molecule has 130 valence electrons. The summed E-state index contributed by atoms with van der Waals surface area (Å²) in [5.74, 6) is -0.457. The Morgan fingerprint density at radius 3 is 2.52 bits per heavy atom. The van der Waals surface area contributed by atoms with Crippen LogP contribution in [0.25, 0.3) is 16.9 Å². The summed E-state index contributed by atoms with van der Waals surface area (Å²) in [6, 6.07) is 9.48. The number of anilines is 1. The summed E-state index contributed by atoms with van der Waals surface area (Å²) in [6.45, 7) is 4.97. The molecule has 2 aromatic heterocycles. The zero-order chi connectivity index (χ0) is 18.2. The van der Waals surface area contributed by atoms with E-state index in [1.807, 2.05) is 19.1 Å². The van der Waals surface area contributed by atoms with Gasteiger partial charge in [-0.15, -0.1) is 0 Å². The van der Waals surface area contributed by atoms with Crippen molar-refractivity contribution in [1.29, 1.82) is 0 Å². The molecule has 0 saturated carbocycles. The second-order valence-electron chi connectivity index (χ2n) is 6.58. The molecule has 0 saturated heterocycles. The number of nitrogens with zero attached hydrogens (tertiary/aromatic N) is 3. The first kappa shape index (κ1) is 17.0. The predicted octanol–water partition coefficient (Wildman–Crippen LogP) is 2.97. The summed E-state index contributed by atoms with van der Waals surface area (Å²) in [5, 5.41) is 12.5. The van der Waals surface area contributed by atoms with Gasteiger partial charge in [0, 0.05) is 5.69 Å². The van der Waals surface area contributed by atoms with Crippen molar-refractivity contribution in [3.8, 4) is 5.69 Å². The van der Waals surface area contributed by atoms with Crippen molar-refractivity contribution in [2.75, 3.05) is 5.32 Å². The van der Waals surface area contributed by atoms with Crippen LogP contribution in [0.15, 0.2) is 36.4 Å². The van der Waals surface area contributed by atoms with Crippen LogP contribution in [0.3, 0.4) is 0 Å². The zero-order valence-electron chi connectivity index (χ0n) is 14.2. The maximum Gasteiger partial charge on any atom is 0.229 e. The van der Waals surface area contributed by atoms with Crippen molar-refractivity contribution in [2.24, 2.45) is 0 Å². The molecule has 2 heterocycles. The second kappa shape index (κ2) is 6.25. The van der Waals surface area contributed by atoms with Crippen LogP contribution in [0.2, 0.25) is 0 Å². The molecule has 1 aromatic carbocycles. The lowest BCUT2D eigenvalue weighted by Gasteiger charge is -2.16. The fourth-order valence-electron chi connectivity index (χ4n) is 2.53. The predicted molar refractivity (Wildman–Crippen MR) is 93.1 cm³/mol. The van der Waals surface area contributed by atoms with Crippen molar-refractivity contribution in [2.45, 2.75) is 32.8 Å². The first-order chi connectivity index (χ1) is 11.7. The van der Waals surface area contributed by atoms with E-state index < -0.39 is 5.60 Å². The number of benzene rings is 1. The lowest BCUT2D eigenvalue weighted by molar-refractivity contribution is -0.119. The number of amides is 1. The van der Waals surface area contributed by atoms with E-state index in [1.54, 1.807) is 30.5 Å². The number of carbonyl (C=O) groups excluding carboxylic acids is 1. The molecule has 0 aliphatic heterocycles. The fraction of sp³-hybridized carbons (Fsp3) is 0.278. The summed E-state index contributed by atoms with van der Waals surface area (Å²) in [6.07, 6.45) is -0.0773. The van der Waals surface area contributed by atoms with E-state index in [0.29, 0.717) is 16.9 Å². The van der Waals surface area contributed by atoms with Crippen LogP contribution < -0.4 is 5.32 Å². The minimum absolute atomic E-state index is 0.0773. The van der Waals surface area contributed by atoms with Gasteiger partial charge in [0.2, 0.25) is 11.9 Å². The Labute approximate surface area is 144 Å².